The summed E-state index contributed by atoms with van der Waals surface area (Å²) in [4.78, 5) is 0. The van der Waals surface area contributed by atoms with Crippen LogP contribution in [0.4, 0.5) is 0 Å². The fourth-order valence-corrected chi connectivity index (χ4v) is 3.71. The number of rotatable bonds is 6. The van der Waals surface area contributed by atoms with E-state index in [-0.39, 0.29) is 0 Å². The number of hydrogen-bond donors (Lipinski definition) is 0. The topological polar surface area (TPSA) is 0 Å². The molecule has 102 valence electrons. The summed E-state index contributed by atoms with van der Waals surface area (Å²) >= 11 is 0. The third-order valence-corrected chi connectivity index (χ3v) is 4.88. The summed E-state index contributed by atoms with van der Waals surface area (Å²) < 4.78 is 0. The van der Waals surface area contributed by atoms with E-state index >= 15 is 0 Å². The van der Waals surface area contributed by atoms with E-state index in [1.165, 1.54) is 57.8 Å². The van der Waals surface area contributed by atoms with Crippen LogP contribution in [0.1, 0.15) is 71.6 Å². The van der Waals surface area contributed by atoms with Crippen LogP contribution in [0, 0.1) is 17.8 Å². The van der Waals surface area contributed by atoms with Crippen LogP contribution in [0.15, 0.2) is 23.8 Å². The summed E-state index contributed by atoms with van der Waals surface area (Å²) in [6.45, 7) is 4.66. The van der Waals surface area contributed by atoms with Crippen LogP contribution in [-0.4, -0.2) is 0 Å². The first kappa shape index (κ1) is 13.9. The lowest BCUT2D eigenvalue weighted by Crippen LogP contribution is -1.99. The van der Waals surface area contributed by atoms with E-state index in [1.807, 2.05) is 0 Å². The van der Waals surface area contributed by atoms with Crippen LogP contribution in [0.25, 0.3) is 0 Å². The molecular weight excluding hydrogens is 216 g/mol. The van der Waals surface area contributed by atoms with E-state index < -0.39 is 0 Å². The molecule has 0 spiro atoms. The Bertz CT molecular complexity index is 291. The van der Waals surface area contributed by atoms with Gasteiger partial charge in [0.2, 0.25) is 0 Å². The number of allylic oxidation sites excluding steroid dienone is 4. The standard InChI is InChI=1S/C18H30/c1-3-17(18-13-12-15(2)14-18)11-7-6-10-16-8-4-5-9-16/h11-13,15-16,18H,3-10,14H2,1-2H3/b17-11+. The minimum atomic E-state index is 0.761. The molecule has 0 N–H and O–H groups in total. The molecule has 0 nitrogen and oxygen atoms in total. The maximum Gasteiger partial charge on any atom is -0.00178 e. The van der Waals surface area contributed by atoms with Gasteiger partial charge < -0.3 is 0 Å². The zero-order valence-electron chi connectivity index (χ0n) is 12.3. The average molecular weight is 246 g/mol. The predicted molar refractivity (Wildman–Crippen MR) is 80.6 cm³/mol. The lowest BCUT2D eigenvalue weighted by molar-refractivity contribution is 0.485. The summed E-state index contributed by atoms with van der Waals surface area (Å²) in [7, 11) is 0. The fourth-order valence-electron chi connectivity index (χ4n) is 3.71. The Kier molecular flexibility index (Phi) is 5.53. The molecule has 2 unspecified atom stereocenters. The molecule has 2 aliphatic carbocycles. The average Bonchev–Trinajstić information content (AvgIpc) is 3.01. The summed E-state index contributed by atoms with van der Waals surface area (Å²) in [6, 6.07) is 0. The SMILES string of the molecule is CC/C(=C\CCCC1CCCC1)C1C=CC(C)C1. The molecule has 18 heavy (non-hydrogen) atoms. The van der Waals surface area contributed by atoms with Crippen LogP contribution in [0.2, 0.25) is 0 Å². The molecule has 0 radical (unpaired) electrons. The Labute approximate surface area is 114 Å². The Balaban J connectivity index is 1.70. The number of unbranched alkanes of at least 4 members (excludes halogenated alkanes) is 1. The normalized spacial score (nSPS) is 29.3. The Morgan fingerprint density at radius 3 is 2.61 bits per heavy atom. The summed E-state index contributed by atoms with van der Waals surface area (Å²) in [5.74, 6) is 2.62. The van der Waals surface area contributed by atoms with Crippen LogP contribution < -0.4 is 0 Å². The first-order valence-corrected chi connectivity index (χ1v) is 8.16. The summed E-state index contributed by atoms with van der Waals surface area (Å²) in [6.07, 6.45) is 20.2. The lowest BCUT2D eigenvalue weighted by Gasteiger charge is -2.13. The van der Waals surface area contributed by atoms with E-state index in [2.05, 4.69) is 32.1 Å². The number of hydrogen-bond acceptors (Lipinski definition) is 0. The maximum absolute atomic E-state index is 2.56. The van der Waals surface area contributed by atoms with Crippen LogP contribution in [0.5, 0.6) is 0 Å². The Morgan fingerprint density at radius 2 is 2.00 bits per heavy atom. The van der Waals surface area contributed by atoms with Crippen molar-refractivity contribution in [2.24, 2.45) is 17.8 Å². The molecule has 0 heteroatoms. The van der Waals surface area contributed by atoms with Crippen LogP contribution in [-0.2, 0) is 0 Å². The van der Waals surface area contributed by atoms with Gasteiger partial charge in [-0.1, -0.05) is 69.8 Å². The van der Waals surface area contributed by atoms with Crippen molar-refractivity contribution in [1.82, 2.24) is 0 Å². The molecule has 0 aliphatic heterocycles. The highest BCUT2D eigenvalue weighted by Gasteiger charge is 2.18. The highest BCUT2D eigenvalue weighted by atomic mass is 14.2. The van der Waals surface area contributed by atoms with Gasteiger partial charge in [0.15, 0.2) is 0 Å². The van der Waals surface area contributed by atoms with Gasteiger partial charge in [-0.15, -0.1) is 0 Å². The van der Waals surface area contributed by atoms with Crippen molar-refractivity contribution >= 4 is 0 Å². The van der Waals surface area contributed by atoms with Crippen molar-refractivity contribution in [1.29, 1.82) is 0 Å². The molecule has 0 heterocycles. The molecule has 0 saturated heterocycles. The zero-order valence-corrected chi connectivity index (χ0v) is 12.3. The van der Waals surface area contributed by atoms with Crippen molar-refractivity contribution in [3.05, 3.63) is 23.8 Å². The van der Waals surface area contributed by atoms with Gasteiger partial charge in [0, 0.05) is 0 Å². The predicted octanol–water partition coefficient (Wildman–Crippen LogP) is 5.90. The monoisotopic (exact) mass is 246 g/mol. The van der Waals surface area contributed by atoms with Gasteiger partial charge in [0.1, 0.15) is 0 Å². The third kappa shape index (κ3) is 4.00. The highest BCUT2D eigenvalue weighted by molar-refractivity contribution is 5.18. The molecule has 0 amide bonds. The van der Waals surface area contributed by atoms with Crippen molar-refractivity contribution < 1.29 is 0 Å². The van der Waals surface area contributed by atoms with Gasteiger partial charge in [0.25, 0.3) is 0 Å². The minimum absolute atomic E-state index is 0.761. The van der Waals surface area contributed by atoms with E-state index in [0.717, 1.165) is 17.8 Å². The quantitative estimate of drug-likeness (QED) is 0.404. The second kappa shape index (κ2) is 7.16. The molecule has 2 rings (SSSR count). The van der Waals surface area contributed by atoms with Crippen molar-refractivity contribution in [2.45, 2.75) is 71.6 Å². The van der Waals surface area contributed by atoms with E-state index in [9.17, 15) is 0 Å². The first-order chi connectivity index (χ1) is 8.79. The van der Waals surface area contributed by atoms with E-state index in [1.54, 1.807) is 5.57 Å². The largest absolute Gasteiger partial charge is 0.0851 e. The minimum Gasteiger partial charge on any atom is -0.0851 e. The van der Waals surface area contributed by atoms with Gasteiger partial charge in [-0.05, 0) is 43.4 Å². The van der Waals surface area contributed by atoms with Crippen molar-refractivity contribution in [2.75, 3.05) is 0 Å². The van der Waals surface area contributed by atoms with Gasteiger partial charge in [-0.3, -0.25) is 0 Å². The molecule has 0 aromatic carbocycles. The molecule has 0 bridgehead atoms. The third-order valence-electron chi connectivity index (χ3n) is 4.88. The lowest BCUT2D eigenvalue weighted by atomic mass is 9.92. The fraction of sp³-hybridized carbons (Fsp3) is 0.778. The van der Waals surface area contributed by atoms with E-state index in [0.29, 0.717) is 0 Å². The van der Waals surface area contributed by atoms with Gasteiger partial charge in [-0.2, -0.15) is 0 Å². The van der Waals surface area contributed by atoms with Crippen molar-refractivity contribution in [3.8, 4) is 0 Å². The molecule has 1 fully saturated rings. The van der Waals surface area contributed by atoms with Gasteiger partial charge in [-0.25, -0.2) is 0 Å². The molecule has 2 atom stereocenters. The zero-order chi connectivity index (χ0) is 12.8. The molecule has 0 aromatic rings. The molecule has 2 aliphatic rings. The molecular formula is C18H30. The van der Waals surface area contributed by atoms with Crippen molar-refractivity contribution in [3.63, 3.8) is 0 Å². The van der Waals surface area contributed by atoms with Crippen LogP contribution >= 0.6 is 0 Å². The summed E-state index contributed by atoms with van der Waals surface area (Å²) in [5.41, 5.74) is 1.70. The Hall–Kier alpha value is -0.520. The molecule has 1 saturated carbocycles. The maximum atomic E-state index is 2.56. The second-order valence-electron chi connectivity index (χ2n) is 6.42. The first-order valence-electron chi connectivity index (χ1n) is 8.16. The summed E-state index contributed by atoms with van der Waals surface area (Å²) in [5, 5.41) is 0. The second-order valence-corrected chi connectivity index (χ2v) is 6.42. The van der Waals surface area contributed by atoms with Gasteiger partial charge in [0.05, 0.1) is 0 Å². The van der Waals surface area contributed by atoms with Crippen LogP contribution in [0.3, 0.4) is 0 Å². The molecule has 0 aromatic heterocycles. The van der Waals surface area contributed by atoms with Gasteiger partial charge >= 0.3 is 0 Å². The smallest absolute Gasteiger partial charge is 0.00178 e. The Morgan fingerprint density at radius 1 is 1.22 bits per heavy atom. The highest BCUT2D eigenvalue weighted by Crippen LogP contribution is 2.32. The van der Waals surface area contributed by atoms with E-state index in [4.69, 9.17) is 0 Å².